The van der Waals surface area contributed by atoms with Gasteiger partial charge in [0.1, 0.15) is 5.82 Å². The Balaban J connectivity index is 1.66. The molecule has 0 unspecified atom stereocenters. The topological polar surface area (TPSA) is 42.7 Å². The molecule has 0 saturated heterocycles. The van der Waals surface area contributed by atoms with Crippen LogP contribution in [0, 0.1) is 6.92 Å². The van der Waals surface area contributed by atoms with E-state index in [0.717, 1.165) is 46.4 Å². The minimum atomic E-state index is 0.920. The van der Waals surface area contributed by atoms with Crippen molar-refractivity contribution in [2.24, 2.45) is 0 Å². The van der Waals surface area contributed by atoms with Gasteiger partial charge in [0.15, 0.2) is 0 Å². The summed E-state index contributed by atoms with van der Waals surface area (Å²) in [4.78, 5) is 8.66. The van der Waals surface area contributed by atoms with E-state index in [4.69, 9.17) is 0 Å². The first-order valence-corrected chi connectivity index (χ1v) is 7.80. The van der Waals surface area contributed by atoms with Gasteiger partial charge in [0.25, 0.3) is 0 Å². The lowest BCUT2D eigenvalue weighted by atomic mass is 10.2. The normalized spacial score (nSPS) is 11.0. The van der Waals surface area contributed by atoms with Crippen LogP contribution in [-0.4, -0.2) is 21.1 Å². The highest BCUT2D eigenvalue weighted by Crippen LogP contribution is 2.27. The fourth-order valence-corrected chi connectivity index (χ4v) is 2.88. The second kappa shape index (κ2) is 6.26. The van der Waals surface area contributed by atoms with Gasteiger partial charge >= 0.3 is 0 Å². The van der Waals surface area contributed by atoms with Gasteiger partial charge in [-0.1, -0.05) is 12.1 Å². The number of para-hydroxylation sites is 1. The lowest BCUT2D eigenvalue weighted by Crippen LogP contribution is -2.07. The summed E-state index contributed by atoms with van der Waals surface area (Å²) in [5.41, 5.74) is 2.12. The molecule has 0 aliphatic rings. The van der Waals surface area contributed by atoms with Gasteiger partial charge in [0.05, 0.1) is 5.52 Å². The monoisotopic (exact) mass is 344 g/mol. The maximum Gasteiger partial charge on any atom is 0.105 e. The summed E-state index contributed by atoms with van der Waals surface area (Å²) in [5.74, 6) is 1.06. The van der Waals surface area contributed by atoms with E-state index < -0.39 is 0 Å². The van der Waals surface area contributed by atoms with Crippen molar-refractivity contribution in [1.29, 1.82) is 0 Å². The third-order valence-corrected chi connectivity index (χ3v) is 4.18. The lowest BCUT2D eigenvalue weighted by Gasteiger charge is -2.10. The molecule has 0 bridgehead atoms. The van der Waals surface area contributed by atoms with Gasteiger partial charge in [0.2, 0.25) is 0 Å². The van der Waals surface area contributed by atoms with E-state index in [0.29, 0.717) is 0 Å². The van der Waals surface area contributed by atoms with Gasteiger partial charge in [-0.05, 0) is 41.4 Å². The number of nitrogens with one attached hydrogen (secondary N) is 1. The minimum Gasteiger partial charge on any atom is -0.384 e. The molecule has 0 radical (unpaired) electrons. The van der Waals surface area contributed by atoms with Gasteiger partial charge in [-0.15, -0.1) is 0 Å². The summed E-state index contributed by atoms with van der Waals surface area (Å²) in [6.45, 7) is 3.93. The Bertz CT molecular complexity index is 751. The molecule has 3 rings (SSSR count). The Hall–Kier alpha value is -1.88. The zero-order valence-electron chi connectivity index (χ0n) is 11.9. The Morgan fingerprint density at radius 1 is 1.19 bits per heavy atom. The molecule has 1 aromatic carbocycles. The van der Waals surface area contributed by atoms with Crippen molar-refractivity contribution in [1.82, 2.24) is 14.5 Å². The summed E-state index contributed by atoms with van der Waals surface area (Å²) < 4.78 is 3.20. The largest absolute Gasteiger partial charge is 0.384 e. The van der Waals surface area contributed by atoms with Crippen LogP contribution in [0.15, 0.2) is 47.3 Å². The van der Waals surface area contributed by atoms with Gasteiger partial charge in [-0.25, -0.2) is 4.98 Å². The van der Waals surface area contributed by atoms with Gasteiger partial charge < -0.3 is 9.88 Å². The fraction of sp³-hybridized carbons (Fsp3) is 0.250. The molecule has 0 saturated carbocycles. The van der Waals surface area contributed by atoms with Crippen molar-refractivity contribution in [2.75, 3.05) is 11.9 Å². The SMILES string of the molecule is Cc1nccn1CCCNc1ccnc2c(Br)cccc12. The number of hydrogen-bond acceptors (Lipinski definition) is 3. The first kappa shape index (κ1) is 14.1. The predicted octanol–water partition coefficient (Wildman–Crippen LogP) is 4.00. The van der Waals surface area contributed by atoms with Crippen LogP contribution in [0.1, 0.15) is 12.2 Å². The second-order valence-electron chi connectivity index (χ2n) is 4.94. The number of aromatic nitrogens is 3. The van der Waals surface area contributed by atoms with Crippen LogP contribution in [0.2, 0.25) is 0 Å². The average Bonchev–Trinajstić information content (AvgIpc) is 2.90. The first-order valence-electron chi connectivity index (χ1n) is 7.00. The van der Waals surface area contributed by atoms with E-state index in [1.165, 1.54) is 0 Å². The van der Waals surface area contributed by atoms with Crippen molar-refractivity contribution < 1.29 is 0 Å². The van der Waals surface area contributed by atoms with E-state index in [-0.39, 0.29) is 0 Å². The lowest BCUT2D eigenvalue weighted by molar-refractivity contribution is 0.642. The molecule has 0 spiro atoms. The Morgan fingerprint density at radius 2 is 2.10 bits per heavy atom. The van der Waals surface area contributed by atoms with Crippen LogP contribution in [0.3, 0.4) is 0 Å². The number of anilines is 1. The van der Waals surface area contributed by atoms with Crippen LogP contribution in [-0.2, 0) is 6.54 Å². The number of nitrogens with zero attached hydrogens (tertiary/aromatic N) is 3. The highest BCUT2D eigenvalue weighted by molar-refractivity contribution is 9.10. The number of hydrogen-bond donors (Lipinski definition) is 1. The van der Waals surface area contributed by atoms with Crippen LogP contribution >= 0.6 is 15.9 Å². The van der Waals surface area contributed by atoms with E-state index in [1.807, 2.05) is 43.7 Å². The maximum absolute atomic E-state index is 4.42. The van der Waals surface area contributed by atoms with Crippen LogP contribution in [0.5, 0.6) is 0 Å². The number of halogens is 1. The summed E-state index contributed by atoms with van der Waals surface area (Å²) >= 11 is 3.55. The first-order chi connectivity index (χ1) is 10.3. The Morgan fingerprint density at radius 3 is 2.90 bits per heavy atom. The van der Waals surface area contributed by atoms with Crippen molar-refractivity contribution in [3.05, 3.63) is 53.2 Å². The van der Waals surface area contributed by atoms with E-state index in [2.05, 4.69) is 41.8 Å². The van der Waals surface area contributed by atoms with Crippen LogP contribution in [0.4, 0.5) is 5.69 Å². The number of fused-ring (bicyclic) bond motifs is 1. The van der Waals surface area contributed by atoms with Gasteiger partial charge in [-0.3, -0.25) is 4.98 Å². The highest BCUT2D eigenvalue weighted by atomic mass is 79.9. The van der Waals surface area contributed by atoms with E-state index in [1.54, 1.807) is 0 Å². The van der Waals surface area contributed by atoms with Gasteiger partial charge in [-0.2, -0.15) is 0 Å². The number of rotatable bonds is 5. The van der Waals surface area contributed by atoms with Crippen molar-refractivity contribution in [2.45, 2.75) is 19.9 Å². The van der Waals surface area contributed by atoms with Crippen LogP contribution < -0.4 is 5.32 Å². The number of benzene rings is 1. The van der Waals surface area contributed by atoms with Crippen LogP contribution in [0.25, 0.3) is 10.9 Å². The summed E-state index contributed by atoms with van der Waals surface area (Å²) in [6, 6.07) is 8.17. The fourth-order valence-electron chi connectivity index (χ4n) is 2.41. The molecule has 0 aliphatic heterocycles. The third kappa shape index (κ3) is 3.08. The average molecular weight is 345 g/mol. The Kier molecular flexibility index (Phi) is 4.20. The molecule has 0 atom stereocenters. The molecule has 2 aromatic heterocycles. The molecular weight excluding hydrogens is 328 g/mol. The Labute approximate surface area is 132 Å². The smallest absolute Gasteiger partial charge is 0.105 e. The predicted molar refractivity (Wildman–Crippen MR) is 89.5 cm³/mol. The van der Waals surface area contributed by atoms with E-state index >= 15 is 0 Å². The number of aryl methyl sites for hydroxylation is 2. The van der Waals surface area contributed by atoms with Crippen molar-refractivity contribution in [3.63, 3.8) is 0 Å². The molecule has 3 aromatic rings. The second-order valence-corrected chi connectivity index (χ2v) is 5.80. The van der Waals surface area contributed by atoms with Crippen molar-refractivity contribution >= 4 is 32.5 Å². The van der Waals surface area contributed by atoms with Gasteiger partial charge in [0, 0.05) is 47.2 Å². The third-order valence-electron chi connectivity index (χ3n) is 3.54. The van der Waals surface area contributed by atoms with E-state index in [9.17, 15) is 0 Å². The zero-order valence-corrected chi connectivity index (χ0v) is 13.5. The molecule has 4 nitrogen and oxygen atoms in total. The zero-order chi connectivity index (χ0) is 14.7. The quantitative estimate of drug-likeness (QED) is 0.711. The molecule has 2 heterocycles. The maximum atomic E-state index is 4.42. The molecule has 21 heavy (non-hydrogen) atoms. The standard InChI is InChI=1S/C16H17BrN4/c1-12-18-9-11-21(12)10-3-7-19-15-6-8-20-16-13(15)4-2-5-14(16)17/h2,4-6,8-9,11H,3,7,10H2,1H3,(H,19,20). The molecule has 108 valence electrons. The summed E-state index contributed by atoms with van der Waals surface area (Å²) in [5, 5.41) is 4.65. The molecular formula is C16H17BrN4. The number of imidazole rings is 1. The highest BCUT2D eigenvalue weighted by Gasteiger charge is 2.04. The summed E-state index contributed by atoms with van der Waals surface area (Å²) in [7, 11) is 0. The van der Waals surface area contributed by atoms with Crippen molar-refractivity contribution in [3.8, 4) is 0 Å². The molecule has 5 heteroatoms. The molecule has 1 N–H and O–H groups in total. The number of pyridine rings is 1. The minimum absolute atomic E-state index is 0.920. The summed E-state index contributed by atoms with van der Waals surface area (Å²) in [6.07, 6.45) is 6.76. The molecule has 0 amide bonds. The molecule has 0 aliphatic carbocycles. The molecule has 0 fully saturated rings.